The highest BCUT2D eigenvalue weighted by molar-refractivity contribution is 7.92. The van der Waals surface area contributed by atoms with Crippen molar-refractivity contribution in [2.75, 3.05) is 39.0 Å². The van der Waals surface area contributed by atoms with E-state index in [1.807, 2.05) is 18.2 Å². The fourth-order valence-corrected chi connectivity index (χ4v) is 5.49. The molecule has 1 aromatic carbocycles. The molecule has 2 aliphatic heterocycles. The zero-order chi connectivity index (χ0) is 18.6. The fraction of sp³-hybridized carbons (Fsp3) is 0.632. The van der Waals surface area contributed by atoms with E-state index >= 15 is 0 Å². The molecule has 2 N–H and O–H groups in total. The van der Waals surface area contributed by atoms with Crippen LogP contribution in [0.5, 0.6) is 0 Å². The van der Waals surface area contributed by atoms with Gasteiger partial charge in [-0.3, -0.25) is 9.69 Å². The van der Waals surface area contributed by atoms with E-state index in [1.54, 1.807) is 0 Å². The molecule has 144 valence electrons. The predicted octanol–water partition coefficient (Wildman–Crippen LogP) is 1.11. The maximum atomic E-state index is 13.0. The molecule has 26 heavy (non-hydrogen) atoms. The summed E-state index contributed by atoms with van der Waals surface area (Å²) in [5.41, 5.74) is 1.16. The third-order valence-electron chi connectivity index (χ3n) is 5.76. The summed E-state index contributed by atoms with van der Waals surface area (Å²) in [6.45, 7) is 3.56. The number of hydrogen-bond donors (Lipinski definition) is 2. The Bertz CT molecular complexity index is 709. The van der Waals surface area contributed by atoms with Gasteiger partial charge in [0, 0.05) is 12.8 Å². The number of likely N-dealkylation sites (tertiary alicyclic amines) is 1. The van der Waals surface area contributed by atoms with Crippen LogP contribution in [0.4, 0.5) is 0 Å². The van der Waals surface area contributed by atoms with Crippen molar-refractivity contribution in [3.63, 3.8) is 0 Å². The highest BCUT2D eigenvalue weighted by Gasteiger charge is 2.48. The van der Waals surface area contributed by atoms with Crippen LogP contribution in [0.15, 0.2) is 30.3 Å². The molecule has 7 heteroatoms. The molecule has 1 amide bonds. The Kier molecular flexibility index (Phi) is 5.99. The van der Waals surface area contributed by atoms with E-state index in [9.17, 15) is 13.2 Å². The monoisotopic (exact) mass is 379 g/mol. The standard InChI is InChI=1S/C19H29N3O3S/c1-26(24,25)19(9-11-20-12-10-19)18(23)21-15-17(22-13-5-6-14-22)16-7-3-2-4-8-16/h2-4,7-8,17,20H,5-6,9-15H2,1H3,(H,21,23). The van der Waals surface area contributed by atoms with Crippen molar-refractivity contribution in [3.05, 3.63) is 35.9 Å². The molecule has 1 atom stereocenters. The van der Waals surface area contributed by atoms with Crippen LogP contribution in [0.2, 0.25) is 0 Å². The molecule has 0 bridgehead atoms. The first-order chi connectivity index (χ1) is 12.4. The van der Waals surface area contributed by atoms with E-state index < -0.39 is 14.6 Å². The second kappa shape index (κ2) is 8.06. The van der Waals surface area contributed by atoms with Crippen molar-refractivity contribution in [2.45, 2.75) is 36.5 Å². The van der Waals surface area contributed by atoms with Crippen molar-refractivity contribution in [1.29, 1.82) is 0 Å². The summed E-state index contributed by atoms with van der Waals surface area (Å²) >= 11 is 0. The maximum absolute atomic E-state index is 13.0. The minimum Gasteiger partial charge on any atom is -0.353 e. The molecule has 0 radical (unpaired) electrons. The highest BCUT2D eigenvalue weighted by atomic mass is 32.2. The number of carbonyl (C=O) groups excluding carboxylic acids is 1. The highest BCUT2D eigenvalue weighted by Crippen LogP contribution is 2.29. The molecule has 1 aromatic rings. The van der Waals surface area contributed by atoms with Gasteiger partial charge in [0.25, 0.3) is 0 Å². The van der Waals surface area contributed by atoms with E-state index in [-0.39, 0.29) is 11.9 Å². The van der Waals surface area contributed by atoms with E-state index in [1.165, 1.54) is 6.26 Å². The van der Waals surface area contributed by atoms with Gasteiger partial charge in [0.15, 0.2) is 14.6 Å². The van der Waals surface area contributed by atoms with Gasteiger partial charge < -0.3 is 10.6 Å². The summed E-state index contributed by atoms with van der Waals surface area (Å²) in [5.74, 6) is -0.346. The van der Waals surface area contributed by atoms with Crippen LogP contribution >= 0.6 is 0 Å². The molecule has 3 rings (SSSR count). The van der Waals surface area contributed by atoms with Gasteiger partial charge in [-0.2, -0.15) is 0 Å². The number of carbonyl (C=O) groups is 1. The fourth-order valence-electron chi connectivity index (χ4n) is 4.13. The van der Waals surface area contributed by atoms with Crippen LogP contribution < -0.4 is 10.6 Å². The van der Waals surface area contributed by atoms with E-state index in [0.29, 0.717) is 32.5 Å². The molecular formula is C19H29N3O3S. The van der Waals surface area contributed by atoms with Crippen LogP contribution in [0.25, 0.3) is 0 Å². The van der Waals surface area contributed by atoms with E-state index in [4.69, 9.17) is 0 Å². The van der Waals surface area contributed by atoms with Gasteiger partial charge in [-0.15, -0.1) is 0 Å². The van der Waals surface area contributed by atoms with Crippen molar-refractivity contribution in [2.24, 2.45) is 0 Å². The number of benzene rings is 1. The first-order valence-electron chi connectivity index (χ1n) is 9.42. The quantitative estimate of drug-likeness (QED) is 0.774. The average Bonchev–Trinajstić information content (AvgIpc) is 3.17. The van der Waals surface area contributed by atoms with Gasteiger partial charge in [0.1, 0.15) is 0 Å². The number of piperidine rings is 1. The number of sulfone groups is 1. The van der Waals surface area contributed by atoms with Gasteiger partial charge in [-0.05, 0) is 57.4 Å². The average molecular weight is 380 g/mol. The first-order valence-corrected chi connectivity index (χ1v) is 11.3. The summed E-state index contributed by atoms with van der Waals surface area (Å²) in [6, 6.07) is 10.2. The first kappa shape index (κ1) is 19.3. The molecule has 0 saturated carbocycles. The Morgan fingerprint density at radius 1 is 1.19 bits per heavy atom. The number of nitrogens with zero attached hydrogens (tertiary/aromatic N) is 1. The summed E-state index contributed by atoms with van der Waals surface area (Å²) in [4.78, 5) is 15.4. The Balaban J connectivity index is 1.76. The molecule has 1 unspecified atom stereocenters. The number of amides is 1. The maximum Gasteiger partial charge on any atom is 0.241 e. The Morgan fingerprint density at radius 3 is 2.38 bits per heavy atom. The third-order valence-corrected chi connectivity index (χ3v) is 7.77. The van der Waals surface area contributed by atoms with Crippen LogP contribution in [0, 0.1) is 0 Å². The van der Waals surface area contributed by atoms with Crippen LogP contribution in [0.1, 0.15) is 37.3 Å². The second-order valence-corrected chi connectivity index (χ2v) is 9.72. The summed E-state index contributed by atoms with van der Waals surface area (Å²) in [7, 11) is -3.48. The summed E-state index contributed by atoms with van der Waals surface area (Å²) in [6.07, 6.45) is 4.17. The molecule has 2 aliphatic rings. The smallest absolute Gasteiger partial charge is 0.241 e. The van der Waals surface area contributed by atoms with Gasteiger partial charge in [-0.25, -0.2) is 8.42 Å². The third kappa shape index (κ3) is 3.94. The lowest BCUT2D eigenvalue weighted by Crippen LogP contribution is -2.58. The van der Waals surface area contributed by atoms with Crippen LogP contribution in [-0.4, -0.2) is 63.0 Å². The molecule has 0 aliphatic carbocycles. The number of rotatable bonds is 6. The summed E-state index contributed by atoms with van der Waals surface area (Å²) < 4.78 is 23.5. The lowest BCUT2D eigenvalue weighted by atomic mass is 9.95. The lowest BCUT2D eigenvalue weighted by Gasteiger charge is -2.35. The van der Waals surface area contributed by atoms with Gasteiger partial charge in [0.2, 0.25) is 5.91 Å². The normalized spacial score (nSPS) is 22.0. The zero-order valence-electron chi connectivity index (χ0n) is 15.4. The Morgan fingerprint density at radius 2 is 1.81 bits per heavy atom. The zero-order valence-corrected chi connectivity index (χ0v) is 16.2. The minimum absolute atomic E-state index is 0.0842. The SMILES string of the molecule is CS(=O)(=O)C1(C(=O)NCC(c2ccccc2)N2CCCC2)CCNCC1. The topological polar surface area (TPSA) is 78.5 Å². The largest absolute Gasteiger partial charge is 0.353 e. The van der Waals surface area contributed by atoms with Crippen molar-refractivity contribution in [1.82, 2.24) is 15.5 Å². The molecule has 2 fully saturated rings. The molecule has 0 spiro atoms. The van der Waals surface area contributed by atoms with Crippen molar-refractivity contribution >= 4 is 15.7 Å². The number of nitrogens with one attached hydrogen (secondary N) is 2. The number of hydrogen-bond acceptors (Lipinski definition) is 5. The molecule has 2 saturated heterocycles. The van der Waals surface area contributed by atoms with Crippen LogP contribution in [0.3, 0.4) is 0 Å². The second-order valence-electron chi connectivity index (χ2n) is 7.40. The van der Waals surface area contributed by atoms with E-state index in [0.717, 1.165) is 31.5 Å². The minimum atomic E-state index is -3.48. The van der Waals surface area contributed by atoms with Gasteiger partial charge in [-0.1, -0.05) is 30.3 Å². The van der Waals surface area contributed by atoms with Crippen LogP contribution in [-0.2, 0) is 14.6 Å². The van der Waals surface area contributed by atoms with Gasteiger partial charge in [0.05, 0.1) is 6.04 Å². The molecule has 0 aromatic heterocycles. The van der Waals surface area contributed by atoms with E-state index in [2.05, 4.69) is 27.7 Å². The summed E-state index contributed by atoms with van der Waals surface area (Å²) in [5, 5.41) is 6.14. The predicted molar refractivity (Wildman–Crippen MR) is 103 cm³/mol. The molecular weight excluding hydrogens is 350 g/mol. The van der Waals surface area contributed by atoms with Crippen molar-refractivity contribution < 1.29 is 13.2 Å². The lowest BCUT2D eigenvalue weighted by molar-refractivity contribution is -0.124. The molecule has 6 nitrogen and oxygen atoms in total. The Hall–Kier alpha value is -1.44. The Labute approximate surface area is 156 Å². The molecule has 2 heterocycles. The van der Waals surface area contributed by atoms with Crippen molar-refractivity contribution in [3.8, 4) is 0 Å². The van der Waals surface area contributed by atoms with Gasteiger partial charge >= 0.3 is 0 Å².